The second-order valence-corrected chi connectivity index (χ2v) is 3.22. The molecule has 0 aromatic carbocycles. The van der Waals surface area contributed by atoms with Crippen molar-refractivity contribution in [2.24, 2.45) is 0 Å². The molecule has 66 valence electrons. The third kappa shape index (κ3) is 1.16. The van der Waals surface area contributed by atoms with Gasteiger partial charge in [-0.2, -0.15) is 0 Å². The van der Waals surface area contributed by atoms with E-state index >= 15 is 0 Å². The molecular formula is C10H11N3. The first-order valence-electron chi connectivity index (χ1n) is 4.23. The van der Waals surface area contributed by atoms with Crippen molar-refractivity contribution in [3.05, 3.63) is 29.3 Å². The van der Waals surface area contributed by atoms with Crippen molar-refractivity contribution in [1.29, 1.82) is 0 Å². The minimum absolute atomic E-state index is 0.908. The summed E-state index contributed by atoms with van der Waals surface area (Å²) in [6, 6.07) is 0. The van der Waals surface area contributed by atoms with Crippen molar-refractivity contribution in [3.8, 4) is 0 Å². The summed E-state index contributed by atoms with van der Waals surface area (Å²) in [5.74, 6) is 0. The summed E-state index contributed by atoms with van der Waals surface area (Å²) < 4.78 is 0. The van der Waals surface area contributed by atoms with Gasteiger partial charge in [-0.05, 0) is 31.9 Å². The fourth-order valence-corrected chi connectivity index (χ4v) is 1.34. The van der Waals surface area contributed by atoms with Gasteiger partial charge in [-0.1, -0.05) is 0 Å². The molecule has 0 aliphatic carbocycles. The summed E-state index contributed by atoms with van der Waals surface area (Å²) in [6.07, 6.45) is 3.46. The van der Waals surface area contributed by atoms with Crippen LogP contribution in [0.4, 0.5) is 0 Å². The van der Waals surface area contributed by atoms with Crippen molar-refractivity contribution in [3.63, 3.8) is 0 Å². The van der Waals surface area contributed by atoms with Gasteiger partial charge in [-0.25, -0.2) is 9.97 Å². The fourth-order valence-electron chi connectivity index (χ4n) is 1.34. The predicted molar refractivity (Wildman–Crippen MR) is 51.5 cm³/mol. The second-order valence-electron chi connectivity index (χ2n) is 3.22. The summed E-state index contributed by atoms with van der Waals surface area (Å²) in [7, 11) is 0. The van der Waals surface area contributed by atoms with Crippen LogP contribution in [0.15, 0.2) is 12.5 Å². The number of hydrogen-bond donors (Lipinski definition) is 0. The monoisotopic (exact) mass is 173 g/mol. The number of pyridine rings is 1. The van der Waals surface area contributed by atoms with Gasteiger partial charge < -0.3 is 0 Å². The normalized spacial score (nSPS) is 10.7. The van der Waals surface area contributed by atoms with Crippen LogP contribution in [0.25, 0.3) is 11.0 Å². The van der Waals surface area contributed by atoms with E-state index in [2.05, 4.69) is 21.9 Å². The van der Waals surface area contributed by atoms with Crippen LogP contribution < -0.4 is 0 Å². The van der Waals surface area contributed by atoms with Gasteiger partial charge in [0.1, 0.15) is 11.8 Å². The Bertz CT molecular complexity index is 463. The summed E-state index contributed by atoms with van der Waals surface area (Å²) in [5, 5.41) is 0. The molecule has 0 atom stereocenters. The van der Waals surface area contributed by atoms with Crippen LogP contribution in [0, 0.1) is 20.8 Å². The molecule has 0 unspecified atom stereocenters. The first-order chi connectivity index (χ1) is 6.20. The lowest BCUT2D eigenvalue weighted by Gasteiger charge is -2.04. The van der Waals surface area contributed by atoms with Crippen LogP contribution in [0.2, 0.25) is 0 Å². The van der Waals surface area contributed by atoms with Gasteiger partial charge in [0.05, 0.1) is 11.2 Å². The molecule has 0 N–H and O–H groups in total. The SMILES string of the molecule is Cc1cnc2c(C)ncnc2c1C. The average molecular weight is 173 g/mol. The number of nitrogens with zero attached hydrogens (tertiary/aromatic N) is 3. The van der Waals surface area contributed by atoms with Gasteiger partial charge in [-0.15, -0.1) is 0 Å². The molecule has 3 heteroatoms. The Balaban J connectivity index is 2.94. The van der Waals surface area contributed by atoms with Crippen LogP contribution in [-0.2, 0) is 0 Å². The minimum Gasteiger partial charge on any atom is -0.252 e. The van der Waals surface area contributed by atoms with Crippen molar-refractivity contribution >= 4 is 11.0 Å². The fraction of sp³-hybridized carbons (Fsp3) is 0.300. The maximum atomic E-state index is 4.32. The van der Waals surface area contributed by atoms with Crippen molar-refractivity contribution < 1.29 is 0 Å². The highest BCUT2D eigenvalue weighted by Crippen LogP contribution is 2.17. The molecule has 0 saturated carbocycles. The van der Waals surface area contributed by atoms with Gasteiger partial charge in [0.15, 0.2) is 0 Å². The first kappa shape index (κ1) is 8.10. The van der Waals surface area contributed by atoms with Crippen LogP contribution >= 0.6 is 0 Å². The zero-order valence-electron chi connectivity index (χ0n) is 8.00. The third-order valence-corrected chi connectivity index (χ3v) is 2.34. The summed E-state index contributed by atoms with van der Waals surface area (Å²) in [4.78, 5) is 12.6. The summed E-state index contributed by atoms with van der Waals surface area (Å²) >= 11 is 0. The molecular weight excluding hydrogens is 162 g/mol. The highest BCUT2D eigenvalue weighted by Gasteiger charge is 2.04. The van der Waals surface area contributed by atoms with Crippen molar-refractivity contribution in [2.45, 2.75) is 20.8 Å². The summed E-state index contributed by atoms with van der Waals surface area (Å²) in [5.41, 5.74) is 5.17. The molecule has 2 aromatic heterocycles. The highest BCUT2D eigenvalue weighted by molar-refractivity contribution is 5.79. The Hall–Kier alpha value is -1.51. The quantitative estimate of drug-likeness (QED) is 0.611. The van der Waals surface area contributed by atoms with Crippen molar-refractivity contribution in [2.75, 3.05) is 0 Å². The van der Waals surface area contributed by atoms with Gasteiger partial charge in [0, 0.05) is 6.20 Å². The van der Waals surface area contributed by atoms with Gasteiger partial charge in [-0.3, -0.25) is 4.98 Å². The number of aryl methyl sites for hydroxylation is 3. The lowest BCUT2D eigenvalue weighted by molar-refractivity contribution is 1.11. The molecule has 13 heavy (non-hydrogen) atoms. The Morgan fingerprint density at radius 3 is 2.46 bits per heavy atom. The Morgan fingerprint density at radius 1 is 0.923 bits per heavy atom. The standard InChI is InChI=1S/C10H11N3/c1-6-4-11-10-8(3)12-5-13-9(10)7(6)2/h4-5H,1-3H3. The lowest BCUT2D eigenvalue weighted by Crippen LogP contribution is -1.94. The molecule has 0 saturated heterocycles. The van der Waals surface area contributed by atoms with E-state index in [0.717, 1.165) is 16.7 Å². The van der Waals surface area contributed by atoms with Crippen LogP contribution in [0.3, 0.4) is 0 Å². The van der Waals surface area contributed by atoms with Gasteiger partial charge in [0.2, 0.25) is 0 Å². The first-order valence-corrected chi connectivity index (χ1v) is 4.23. The molecule has 0 bridgehead atoms. The maximum Gasteiger partial charge on any atom is 0.116 e. The Morgan fingerprint density at radius 2 is 1.69 bits per heavy atom. The van der Waals surface area contributed by atoms with E-state index in [-0.39, 0.29) is 0 Å². The van der Waals surface area contributed by atoms with Crippen molar-refractivity contribution in [1.82, 2.24) is 15.0 Å². The molecule has 0 spiro atoms. The average Bonchev–Trinajstić information content (AvgIpc) is 2.12. The smallest absolute Gasteiger partial charge is 0.116 e. The van der Waals surface area contributed by atoms with E-state index in [1.54, 1.807) is 6.33 Å². The summed E-state index contributed by atoms with van der Waals surface area (Å²) in [6.45, 7) is 6.05. The zero-order valence-corrected chi connectivity index (χ0v) is 8.00. The molecule has 2 heterocycles. The van der Waals surface area contributed by atoms with Crippen LogP contribution in [0.5, 0.6) is 0 Å². The second kappa shape index (κ2) is 2.76. The molecule has 0 aliphatic heterocycles. The Labute approximate surface area is 76.9 Å². The van der Waals surface area contributed by atoms with Gasteiger partial charge in [0.25, 0.3) is 0 Å². The maximum absolute atomic E-state index is 4.32. The lowest BCUT2D eigenvalue weighted by atomic mass is 10.1. The number of fused-ring (bicyclic) bond motifs is 1. The molecule has 2 aromatic rings. The predicted octanol–water partition coefficient (Wildman–Crippen LogP) is 1.95. The third-order valence-electron chi connectivity index (χ3n) is 2.34. The van der Waals surface area contributed by atoms with E-state index in [4.69, 9.17) is 0 Å². The largest absolute Gasteiger partial charge is 0.252 e. The molecule has 0 aliphatic rings. The molecule has 0 radical (unpaired) electrons. The topological polar surface area (TPSA) is 38.7 Å². The molecule has 0 amide bonds. The number of hydrogen-bond acceptors (Lipinski definition) is 3. The number of aromatic nitrogens is 3. The minimum atomic E-state index is 0.908. The van der Waals surface area contributed by atoms with Crippen LogP contribution in [-0.4, -0.2) is 15.0 Å². The molecule has 3 nitrogen and oxygen atoms in total. The van der Waals surface area contributed by atoms with E-state index < -0.39 is 0 Å². The molecule has 2 rings (SSSR count). The van der Waals surface area contributed by atoms with E-state index in [0.29, 0.717) is 0 Å². The van der Waals surface area contributed by atoms with E-state index in [1.807, 2.05) is 20.0 Å². The van der Waals surface area contributed by atoms with E-state index in [9.17, 15) is 0 Å². The molecule has 0 fully saturated rings. The number of rotatable bonds is 0. The Kier molecular flexibility index (Phi) is 1.72. The zero-order chi connectivity index (χ0) is 9.42. The van der Waals surface area contributed by atoms with Crippen LogP contribution in [0.1, 0.15) is 16.8 Å². The highest BCUT2D eigenvalue weighted by atomic mass is 14.9. The van der Waals surface area contributed by atoms with Gasteiger partial charge >= 0.3 is 0 Å². The van der Waals surface area contributed by atoms with E-state index in [1.165, 1.54) is 11.1 Å².